The van der Waals surface area contributed by atoms with E-state index in [2.05, 4.69) is 21.2 Å². The second kappa shape index (κ2) is 5.30. The molecule has 2 nitrogen and oxygen atoms in total. The lowest BCUT2D eigenvalue weighted by Crippen LogP contribution is -1.98. The van der Waals surface area contributed by atoms with Crippen LogP contribution in [-0.4, -0.2) is 0 Å². The lowest BCUT2D eigenvalue weighted by molar-refractivity contribution is 0.624. The van der Waals surface area contributed by atoms with E-state index in [4.69, 9.17) is 5.26 Å². The first-order chi connectivity index (χ1) is 8.19. The molecule has 86 valence electrons. The van der Waals surface area contributed by atoms with Crippen LogP contribution in [0.25, 0.3) is 0 Å². The van der Waals surface area contributed by atoms with Crippen LogP contribution in [0.2, 0.25) is 0 Å². The number of anilines is 1. The molecule has 0 bridgehead atoms. The Bertz CT molecular complexity index is 574. The van der Waals surface area contributed by atoms with Crippen LogP contribution in [0.5, 0.6) is 0 Å². The third kappa shape index (κ3) is 3.05. The molecule has 0 amide bonds. The highest BCUT2D eigenvalue weighted by Gasteiger charge is 2.03. The Hall–Kier alpha value is -1.38. The van der Waals surface area contributed by atoms with Gasteiger partial charge in [0.15, 0.2) is 0 Å². The fraction of sp³-hybridized carbons (Fsp3) is 0.0833. The van der Waals surface area contributed by atoms with Gasteiger partial charge in [-0.3, -0.25) is 0 Å². The Kier molecular flexibility index (Phi) is 3.77. The van der Waals surface area contributed by atoms with E-state index in [0.29, 0.717) is 6.54 Å². The maximum atomic E-state index is 13.1. The molecule has 1 aromatic heterocycles. The summed E-state index contributed by atoms with van der Waals surface area (Å²) in [6.07, 6.45) is 0. The van der Waals surface area contributed by atoms with Crippen molar-refractivity contribution in [2.45, 2.75) is 6.54 Å². The summed E-state index contributed by atoms with van der Waals surface area (Å²) < 4.78 is 14.1. The standard InChI is InChI=1S/C12H8BrFN2S/c13-9-4-11(17-7-9)6-16-10-1-2-12(14)8(3-10)5-15/h1-4,7,16H,6H2. The van der Waals surface area contributed by atoms with E-state index in [9.17, 15) is 4.39 Å². The third-order valence-electron chi connectivity index (χ3n) is 2.18. The number of nitriles is 1. The van der Waals surface area contributed by atoms with Crippen molar-refractivity contribution in [2.24, 2.45) is 0 Å². The van der Waals surface area contributed by atoms with Crippen LogP contribution in [-0.2, 0) is 6.54 Å². The van der Waals surface area contributed by atoms with Crippen molar-refractivity contribution in [1.82, 2.24) is 0 Å². The Labute approximate surface area is 111 Å². The van der Waals surface area contributed by atoms with Gasteiger partial charge in [-0.05, 0) is 40.2 Å². The molecule has 2 aromatic rings. The van der Waals surface area contributed by atoms with Crippen molar-refractivity contribution in [3.05, 3.63) is 50.4 Å². The third-order valence-corrected chi connectivity index (χ3v) is 3.87. The van der Waals surface area contributed by atoms with E-state index < -0.39 is 5.82 Å². The molecule has 0 spiro atoms. The summed E-state index contributed by atoms with van der Waals surface area (Å²) in [5.74, 6) is -0.489. The molecule has 0 saturated carbocycles. The zero-order valence-corrected chi connectivity index (χ0v) is 11.1. The van der Waals surface area contributed by atoms with Gasteiger partial charge in [-0.25, -0.2) is 4.39 Å². The molecule has 5 heteroatoms. The SMILES string of the molecule is N#Cc1cc(NCc2cc(Br)cs2)ccc1F. The highest BCUT2D eigenvalue weighted by molar-refractivity contribution is 9.10. The topological polar surface area (TPSA) is 35.8 Å². The van der Waals surface area contributed by atoms with Gasteiger partial charge >= 0.3 is 0 Å². The monoisotopic (exact) mass is 310 g/mol. The molecule has 0 unspecified atom stereocenters. The van der Waals surface area contributed by atoms with Crippen LogP contribution in [0.4, 0.5) is 10.1 Å². The number of thiophene rings is 1. The first-order valence-electron chi connectivity index (χ1n) is 4.85. The minimum Gasteiger partial charge on any atom is -0.380 e. The first kappa shape index (κ1) is 12.1. The lowest BCUT2D eigenvalue weighted by atomic mass is 10.2. The number of nitrogens with one attached hydrogen (secondary N) is 1. The predicted octanol–water partition coefficient (Wildman–Crippen LogP) is 4.13. The molecule has 1 N–H and O–H groups in total. The van der Waals surface area contributed by atoms with Gasteiger partial charge in [-0.15, -0.1) is 11.3 Å². The number of halogens is 2. The number of hydrogen-bond acceptors (Lipinski definition) is 3. The van der Waals surface area contributed by atoms with Gasteiger partial charge in [-0.1, -0.05) is 0 Å². The zero-order chi connectivity index (χ0) is 12.3. The van der Waals surface area contributed by atoms with Crippen LogP contribution in [0, 0.1) is 17.1 Å². The molecule has 0 atom stereocenters. The van der Waals surface area contributed by atoms with Crippen LogP contribution in [0.3, 0.4) is 0 Å². The van der Waals surface area contributed by atoms with Crippen molar-refractivity contribution in [3.8, 4) is 6.07 Å². The minimum absolute atomic E-state index is 0.0577. The predicted molar refractivity (Wildman–Crippen MR) is 70.5 cm³/mol. The second-order valence-corrected chi connectivity index (χ2v) is 5.30. The van der Waals surface area contributed by atoms with Crippen LogP contribution in [0.1, 0.15) is 10.4 Å². The Balaban J connectivity index is 2.07. The van der Waals surface area contributed by atoms with E-state index in [1.807, 2.05) is 17.5 Å². The molecule has 0 aliphatic carbocycles. The molecule has 1 heterocycles. The van der Waals surface area contributed by atoms with E-state index in [1.165, 1.54) is 17.0 Å². The molecule has 1 aromatic carbocycles. The summed E-state index contributed by atoms with van der Waals surface area (Å²) in [4.78, 5) is 1.17. The summed E-state index contributed by atoms with van der Waals surface area (Å²) in [5, 5.41) is 13.9. The average molecular weight is 311 g/mol. The Morgan fingerprint density at radius 3 is 2.88 bits per heavy atom. The van der Waals surface area contributed by atoms with Gasteiger partial charge in [0.2, 0.25) is 0 Å². The van der Waals surface area contributed by atoms with Gasteiger partial charge in [-0.2, -0.15) is 5.26 Å². The maximum absolute atomic E-state index is 13.1. The van der Waals surface area contributed by atoms with Crippen LogP contribution >= 0.6 is 27.3 Å². The van der Waals surface area contributed by atoms with E-state index in [0.717, 1.165) is 10.2 Å². The first-order valence-corrected chi connectivity index (χ1v) is 6.53. The van der Waals surface area contributed by atoms with Crippen molar-refractivity contribution in [2.75, 3.05) is 5.32 Å². The highest BCUT2D eigenvalue weighted by Crippen LogP contribution is 2.21. The number of benzene rings is 1. The van der Waals surface area contributed by atoms with Crippen molar-refractivity contribution in [3.63, 3.8) is 0 Å². The molecule has 0 saturated heterocycles. The molecule has 0 aliphatic rings. The number of nitrogens with zero attached hydrogens (tertiary/aromatic N) is 1. The van der Waals surface area contributed by atoms with E-state index >= 15 is 0 Å². The van der Waals surface area contributed by atoms with Crippen molar-refractivity contribution >= 4 is 33.0 Å². The van der Waals surface area contributed by atoms with E-state index in [1.54, 1.807) is 17.4 Å². The fourth-order valence-corrected chi connectivity index (χ4v) is 2.75. The molecular weight excluding hydrogens is 303 g/mol. The lowest BCUT2D eigenvalue weighted by Gasteiger charge is -2.05. The van der Waals surface area contributed by atoms with Gasteiger partial charge in [0, 0.05) is 27.0 Å². The summed E-state index contributed by atoms with van der Waals surface area (Å²) in [5.41, 5.74) is 0.801. The molecule has 2 rings (SSSR count). The largest absolute Gasteiger partial charge is 0.380 e. The summed E-state index contributed by atoms with van der Waals surface area (Å²) in [6, 6.07) is 8.27. The molecular formula is C12H8BrFN2S. The van der Waals surface area contributed by atoms with Gasteiger partial charge < -0.3 is 5.32 Å². The Morgan fingerprint density at radius 1 is 1.41 bits per heavy atom. The highest BCUT2D eigenvalue weighted by atomic mass is 79.9. The minimum atomic E-state index is -0.489. The summed E-state index contributed by atoms with van der Waals surface area (Å²) in [7, 11) is 0. The van der Waals surface area contributed by atoms with E-state index in [-0.39, 0.29) is 5.56 Å². The van der Waals surface area contributed by atoms with Gasteiger partial charge in [0.1, 0.15) is 11.9 Å². The second-order valence-electron chi connectivity index (χ2n) is 3.39. The fourth-order valence-electron chi connectivity index (χ4n) is 1.36. The van der Waals surface area contributed by atoms with Gasteiger partial charge in [0.05, 0.1) is 5.56 Å². The average Bonchev–Trinajstić information content (AvgIpc) is 2.74. The summed E-state index contributed by atoms with van der Waals surface area (Å²) >= 11 is 5.01. The van der Waals surface area contributed by atoms with Crippen molar-refractivity contribution < 1.29 is 4.39 Å². The zero-order valence-electron chi connectivity index (χ0n) is 8.71. The summed E-state index contributed by atoms with van der Waals surface area (Å²) in [6.45, 7) is 0.659. The molecule has 17 heavy (non-hydrogen) atoms. The Morgan fingerprint density at radius 2 is 2.24 bits per heavy atom. The molecule has 0 aliphatic heterocycles. The van der Waals surface area contributed by atoms with Crippen LogP contribution < -0.4 is 5.32 Å². The normalized spacial score (nSPS) is 9.94. The number of hydrogen-bond donors (Lipinski definition) is 1. The van der Waals surface area contributed by atoms with Gasteiger partial charge in [0.25, 0.3) is 0 Å². The smallest absolute Gasteiger partial charge is 0.141 e. The molecule has 0 fully saturated rings. The van der Waals surface area contributed by atoms with Crippen molar-refractivity contribution in [1.29, 1.82) is 5.26 Å². The number of rotatable bonds is 3. The quantitative estimate of drug-likeness (QED) is 0.925. The van der Waals surface area contributed by atoms with Crippen LogP contribution in [0.15, 0.2) is 34.1 Å². The maximum Gasteiger partial charge on any atom is 0.141 e. The molecule has 0 radical (unpaired) electrons.